The molecule has 5 nitrogen and oxygen atoms in total. The van der Waals surface area contributed by atoms with Crippen LogP contribution < -0.4 is 4.90 Å². The molecule has 0 saturated heterocycles. The number of furan rings is 1. The van der Waals surface area contributed by atoms with Gasteiger partial charge in [-0.15, -0.1) is 0 Å². The molecule has 2 heterocycles. The van der Waals surface area contributed by atoms with Gasteiger partial charge in [0.2, 0.25) is 0 Å². The van der Waals surface area contributed by atoms with Crippen LogP contribution in [0.2, 0.25) is 0 Å². The van der Waals surface area contributed by atoms with Gasteiger partial charge in [-0.3, -0.25) is 9.69 Å². The molecule has 1 aromatic heterocycles. The summed E-state index contributed by atoms with van der Waals surface area (Å²) in [6.07, 6.45) is 3.67. The Bertz CT molecular complexity index is 1730. The Kier molecular flexibility index (Phi) is 5.94. The molecule has 5 heteroatoms. The third-order valence-corrected chi connectivity index (χ3v) is 6.56. The van der Waals surface area contributed by atoms with Crippen LogP contribution in [-0.2, 0) is 9.53 Å². The lowest BCUT2D eigenvalue weighted by atomic mass is 10.1. The van der Waals surface area contributed by atoms with Crippen molar-refractivity contribution in [2.24, 2.45) is 0 Å². The highest BCUT2D eigenvalue weighted by Gasteiger charge is 2.30. The van der Waals surface area contributed by atoms with Gasteiger partial charge in [0.15, 0.2) is 0 Å². The van der Waals surface area contributed by atoms with Gasteiger partial charge in [-0.05, 0) is 64.9 Å². The molecular formula is C33H23NO4. The lowest BCUT2D eigenvalue weighted by molar-refractivity contribution is -0.113. The molecule has 0 unspecified atom stereocenters. The van der Waals surface area contributed by atoms with Crippen molar-refractivity contribution in [3.8, 4) is 11.3 Å². The molecule has 0 atom stereocenters. The highest BCUT2D eigenvalue weighted by Crippen LogP contribution is 2.37. The van der Waals surface area contributed by atoms with Crippen LogP contribution in [0.15, 0.2) is 125 Å². The summed E-state index contributed by atoms with van der Waals surface area (Å²) in [5.41, 5.74) is 4.37. The van der Waals surface area contributed by atoms with Crippen LogP contribution in [0.25, 0.3) is 33.9 Å². The maximum absolute atomic E-state index is 13.8. The number of methoxy groups -OCH3 is 1. The van der Waals surface area contributed by atoms with Crippen LogP contribution in [-0.4, -0.2) is 19.0 Å². The number of fused-ring (bicyclic) bond motifs is 1. The lowest BCUT2D eigenvalue weighted by Crippen LogP contribution is -2.24. The van der Waals surface area contributed by atoms with Gasteiger partial charge in [-0.25, -0.2) is 4.79 Å². The van der Waals surface area contributed by atoms with Gasteiger partial charge in [0.05, 0.1) is 18.4 Å². The first-order chi connectivity index (χ1) is 18.6. The minimum Gasteiger partial charge on any atom is -0.465 e. The molecule has 0 aliphatic carbocycles. The van der Waals surface area contributed by atoms with E-state index in [0.29, 0.717) is 22.7 Å². The molecule has 1 aliphatic heterocycles. The predicted octanol–water partition coefficient (Wildman–Crippen LogP) is 7.36. The van der Waals surface area contributed by atoms with E-state index in [2.05, 4.69) is 6.07 Å². The van der Waals surface area contributed by atoms with Crippen LogP contribution >= 0.6 is 0 Å². The Morgan fingerprint density at radius 1 is 0.789 bits per heavy atom. The molecule has 0 bridgehead atoms. The zero-order chi connectivity index (χ0) is 26.1. The zero-order valence-corrected chi connectivity index (χ0v) is 20.6. The minimum absolute atomic E-state index is 0.125. The number of carbonyl (C=O) groups is 2. The van der Waals surface area contributed by atoms with E-state index < -0.39 is 5.97 Å². The van der Waals surface area contributed by atoms with Crippen molar-refractivity contribution >= 4 is 40.1 Å². The summed E-state index contributed by atoms with van der Waals surface area (Å²) in [5, 5.41) is 2.18. The van der Waals surface area contributed by atoms with E-state index in [9.17, 15) is 9.59 Å². The number of amides is 1. The summed E-state index contributed by atoms with van der Waals surface area (Å²) in [4.78, 5) is 27.2. The number of nitrogens with zero attached hydrogens (tertiary/aromatic N) is 1. The molecule has 1 aliphatic rings. The van der Waals surface area contributed by atoms with Crippen LogP contribution in [0, 0.1) is 0 Å². The van der Waals surface area contributed by atoms with Gasteiger partial charge in [0.25, 0.3) is 5.91 Å². The van der Waals surface area contributed by atoms with Crippen molar-refractivity contribution in [1.29, 1.82) is 0 Å². The second-order valence-corrected chi connectivity index (χ2v) is 8.94. The standard InChI is InChI=1S/C33H23NO4/c1-37-33(36)25-13-11-24(12-14-25)31-18-17-29(38-31)20-27-21-30(23-8-3-2-4-9-23)34(32(27)35)28-16-15-22-7-5-6-10-26(22)19-28/h2-21H,1H3/b27-20+. The van der Waals surface area contributed by atoms with Crippen molar-refractivity contribution in [1.82, 2.24) is 0 Å². The van der Waals surface area contributed by atoms with Crippen LogP contribution in [0.1, 0.15) is 21.7 Å². The Balaban J connectivity index is 1.36. The summed E-state index contributed by atoms with van der Waals surface area (Å²) < 4.78 is 10.8. The molecule has 38 heavy (non-hydrogen) atoms. The van der Waals surface area contributed by atoms with E-state index in [1.165, 1.54) is 7.11 Å². The van der Waals surface area contributed by atoms with Crippen molar-refractivity contribution < 1.29 is 18.7 Å². The van der Waals surface area contributed by atoms with Crippen LogP contribution in [0.3, 0.4) is 0 Å². The minimum atomic E-state index is -0.391. The summed E-state index contributed by atoms with van der Waals surface area (Å²) in [5.74, 6) is 0.680. The number of rotatable bonds is 5. The first-order valence-corrected chi connectivity index (χ1v) is 12.2. The predicted molar refractivity (Wildman–Crippen MR) is 149 cm³/mol. The molecule has 6 rings (SSSR count). The van der Waals surface area contributed by atoms with E-state index in [1.54, 1.807) is 35.2 Å². The Labute approximate surface area is 219 Å². The smallest absolute Gasteiger partial charge is 0.337 e. The van der Waals surface area contributed by atoms with Crippen LogP contribution in [0.5, 0.6) is 0 Å². The number of anilines is 1. The summed E-state index contributed by atoms with van der Waals surface area (Å²) in [6, 6.07) is 34.7. The van der Waals surface area contributed by atoms with Gasteiger partial charge in [-0.2, -0.15) is 0 Å². The molecule has 1 amide bonds. The number of hydrogen-bond acceptors (Lipinski definition) is 4. The van der Waals surface area contributed by atoms with E-state index in [1.807, 2.05) is 84.9 Å². The van der Waals surface area contributed by atoms with E-state index in [0.717, 1.165) is 33.3 Å². The Morgan fingerprint density at radius 2 is 1.53 bits per heavy atom. The lowest BCUT2D eigenvalue weighted by Gasteiger charge is -2.21. The molecule has 0 N–H and O–H groups in total. The Morgan fingerprint density at radius 3 is 2.29 bits per heavy atom. The maximum Gasteiger partial charge on any atom is 0.337 e. The second kappa shape index (κ2) is 9.71. The average Bonchev–Trinajstić information content (AvgIpc) is 3.57. The molecule has 184 valence electrons. The van der Waals surface area contributed by atoms with Gasteiger partial charge in [0.1, 0.15) is 11.5 Å². The first-order valence-electron chi connectivity index (χ1n) is 12.2. The van der Waals surface area contributed by atoms with E-state index in [-0.39, 0.29) is 5.91 Å². The number of ether oxygens (including phenoxy) is 1. The van der Waals surface area contributed by atoms with Crippen molar-refractivity contribution in [2.75, 3.05) is 12.0 Å². The summed E-state index contributed by atoms with van der Waals surface area (Å²) >= 11 is 0. The van der Waals surface area contributed by atoms with Gasteiger partial charge >= 0.3 is 5.97 Å². The van der Waals surface area contributed by atoms with Gasteiger partial charge < -0.3 is 9.15 Å². The molecule has 0 spiro atoms. The molecule has 0 fully saturated rings. The molecule has 5 aromatic rings. The number of esters is 1. The zero-order valence-electron chi connectivity index (χ0n) is 20.6. The van der Waals surface area contributed by atoms with E-state index in [4.69, 9.17) is 9.15 Å². The number of hydrogen-bond donors (Lipinski definition) is 0. The first kappa shape index (κ1) is 23.3. The molecule has 0 saturated carbocycles. The number of benzene rings is 4. The normalized spacial score (nSPS) is 14.2. The van der Waals surface area contributed by atoms with Crippen molar-refractivity contribution in [2.45, 2.75) is 0 Å². The second-order valence-electron chi connectivity index (χ2n) is 8.94. The molecular weight excluding hydrogens is 474 g/mol. The maximum atomic E-state index is 13.8. The fourth-order valence-electron chi connectivity index (χ4n) is 4.64. The number of carbonyl (C=O) groups excluding carboxylic acids is 2. The fourth-order valence-corrected chi connectivity index (χ4v) is 4.64. The van der Waals surface area contributed by atoms with Crippen molar-refractivity contribution in [3.63, 3.8) is 0 Å². The third-order valence-electron chi connectivity index (χ3n) is 6.56. The van der Waals surface area contributed by atoms with Gasteiger partial charge in [0, 0.05) is 16.8 Å². The summed E-state index contributed by atoms with van der Waals surface area (Å²) in [7, 11) is 1.35. The van der Waals surface area contributed by atoms with Crippen LogP contribution in [0.4, 0.5) is 5.69 Å². The van der Waals surface area contributed by atoms with Crippen molar-refractivity contribution in [3.05, 3.63) is 138 Å². The highest BCUT2D eigenvalue weighted by molar-refractivity contribution is 6.23. The molecule has 4 aromatic carbocycles. The largest absolute Gasteiger partial charge is 0.465 e. The molecule has 0 radical (unpaired) electrons. The summed E-state index contributed by atoms with van der Waals surface area (Å²) in [6.45, 7) is 0. The SMILES string of the molecule is COC(=O)c1ccc(-c2ccc(/C=C3\C=C(c4ccccc4)N(c4ccc5ccccc5c4)C3=O)o2)cc1. The topological polar surface area (TPSA) is 59.8 Å². The quantitative estimate of drug-likeness (QED) is 0.188. The Hall–Kier alpha value is -5.16. The van der Waals surface area contributed by atoms with E-state index >= 15 is 0 Å². The monoisotopic (exact) mass is 497 g/mol. The van der Waals surface area contributed by atoms with Gasteiger partial charge in [-0.1, -0.05) is 72.8 Å². The third kappa shape index (κ3) is 4.31. The average molecular weight is 498 g/mol. The highest BCUT2D eigenvalue weighted by atomic mass is 16.5. The fraction of sp³-hybridized carbons (Fsp3) is 0.0303.